The topological polar surface area (TPSA) is 15.3 Å². The maximum atomic E-state index is 3.92. The summed E-state index contributed by atoms with van der Waals surface area (Å²) in [7, 11) is 0. The van der Waals surface area contributed by atoms with Crippen LogP contribution in [0.2, 0.25) is 0 Å². The lowest BCUT2D eigenvalue weighted by Crippen LogP contribution is -2.67. The van der Waals surface area contributed by atoms with Gasteiger partial charge < -0.3 is 5.32 Å². The summed E-state index contributed by atoms with van der Waals surface area (Å²) < 4.78 is 0. The van der Waals surface area contributed by atoms with Crippen LogP contribution in [0, 0.1) is 17.8 Å². The van der Waals surface area contributed by atoms with Crippen LogP contribution in [0.1, 0.15) is 66.2 Å². The fourth-order valence-corrected chi connectivity index (χ4v) is 5.28. The highest BCUT2D eigenvalue weighted by Gasteiger charge is 2.48. The highest BCUT2D eigenvalue weighted by molar-refractivity contribution is 5.04. The van der Waals surface area contributed by atoms with E-state index in [2.05, 4.69) is 37.9 Å². The molecular formula is C18H34N2. The minimum absolute atomic E-state index is 0.382. The van der Waals surface area contributed by atoms with Crippen LogP contribution in [-0.2, 0) is 0 Å². The largest absolute Gasteiger partial charge is 0.308 e. The van der Waals surface area contributed by atoms with E-state index in [1.807, 2.05) is 0 Å². The number of rotatable bonds is 4. The van der Waals surface area contributed by atoms with E-state index >= 15 is 0 Å². The van der Waals surface area contributed by atoms with Gasteiger partial charge in [0.1, 0.15) is 0 Å². The lowest BCUT2D eigenvalue weighted by atomic mass is 9.83. The van der Waals surface area contributed by atoms with Crippen molar-refractivity contribution in [3.63, 3.8) is 0 Å². The lowest BCUT2D eigenvalue weighted by molar-refractivity contribution is -0.00139. The second-order valence-electron chi connectivity index (χ2n) is 8.09. The predicted octanol–water partition coefficient (Wildman–Crippen LogP) is 3.66. The number of hydrogen-bond acceptors (Lipinski definition) is 2. The van der Waals surface area contributed by atoms with E-state index in [4.69, 9.17) is 0 Å². The molecule has 1 N–H and O–H groups in total. The van der Waals surface area contributed by atoms with Crippen LogP contribution in [0.25, 0.3) is 0 Å². The Morgan fingerprint density at radius 3 is 2.40 bits per heavy atom. The van der Waals surface area contributed by atoms with Crippen molar-refractivity contribution in [3.05, 3.63) is 0 Å². The van der Waals surface area contributed by atoms with E-state index in [1.54, 1.807) is 0 Å². The van der Waals surface area contributed by atoms with Gasteiger partial charge in [-0.15, -0.1) is 0 Å². The van der Waals surface area contributed by atoms with Gasteiger partial charge in [0.05, 0.1) is 0 Å². The molecular weight excluding hydrogens is 244 g/mol. The Labute approximate surface area is 125 Å². The highest BCUT2D eigenvalue weighted by atomic mass is 15.3. The third-order valence-electron chi connectivity index (χ3n) is 6.85. The first kappa shape index (κ1) is 14.8. The number of hydrogen-bond donors (Lipinski definition) is 1. The summed E-state index contributed by atoms with van der Waals surface area (Å²) in [5, 5.41) is 3.92. The Morgan fingerprint density at radius 1 is 1.15 bits per heavy atom. The maximum Gasteiger partial charge on any atom is 0.0304 e. The van der Waals surface area contributed by atoms with Gasteiger partial charge in [-0.05, 0) is 49.9 Å². The zero-order valence-corrected chi connectivity index (χ0v) is 14.0. The third kappa shape index (κ3) is 2.43. The monoisotopic (exact) mass is 278 g/mol. The normalized spacial score (nSPS) is 40.6. The SMILES string of the molecule is CCC1(CC)CN(C2CC3CCC2C3)C(C(C)C)CN1. The number of piperazine rings is 1. The molecule has 2 heteroatoms. The van der Waals surface area contributed by atoms with Crippen LogP contribution >= 0.6 is 0 Å². The van der Waals surface area contributed by atoms with Gasteiger partial charge in [-0.3, -0.25) is 4.90 Å². The standard InChI is InChI=1S/C18H34N2/c1-5-18(6-2)12-20(17(11-19-18)13(3)4)16-10-14-7-8-15(16)9-14/h13-17,19H,5-12H2,1-4H3. The highest BCUT2D eigenvalue weighted by Crippen LogP contribution is 2.48. The average Bonchev–Trinajstić information content (AvgIpc) is 3.09. The van der Waals surface area contributed by atoms with Crippen molar-refractivity contribution in [2.75, 3.05) is 13.1 Å². The molecule has 1 saturated heterocycles. The zero-order valence-electron chi connectivity index (χ0n) is 14.0. The minimum Gasteiger partial charge on any atom is -0.308 e. The van der Waals surface area contributed by atoms with Gasteiger partial charge in [0, 0.05) is 30.7 Å². The van der Waals surface area contributed by atoms with Gasteiger partial charge >= 0.3 is 0 Å². The molecule has 0 aromatic heterocycles. The van der Waals surface area contributed by atoms with Crippen LogP contribution in [0.4, 0.5) is 0 Å². The summed E-state index contributed by atoms with van der Waals surface area (Å²) in [6.45, 7) is 12.1. The average molecular weight is 278 g/mol. The van der Waals surface area contributed by atoms with Gasteiger partial charge in [-0.25, -0.2) is 0 Å². The van der Waals surface area contributed by atoms with E-state index in [0.29, 0.717) is 5.54 Å². The summed E-state index contributed by atoms with van der Waals surface area (Å²) in [5.74, 6) is 2.85. The number of fused-ring (bicyclic) bond motifs is 2. The van der Waals surface area contributed by atoms with Crippen LogP contribution in [0.3, 0.4) is 0 Å². The van der Waals surface area contributed by atoms with Gasteiger partial charge in [-0.1, -0.05) is 34.1 Å². The van der Waals surface area contributed by atoms with Crippen LogP contribution < -0.4 is 5.32 Å². The molecule has 4 atom stereocenters. The Morgan fingerprint density at radius 2 is 1.90 bits per heavy atom. The third-order valence-corrected chi connectivity index (χ3v) is 6.85. The molecule has 20 heavy (non-hydrogen) atoms. The molecule has 2 bridgehead atoms. The molecule has 2 aliphatic carbocycles. The summed E-state index contributed by atoms with van der Waals surface area (Å²) in [6, 6.07) is 1.66. The second kappa shape index (κ2) is 5.61. The molecule has 0 aromatic carbocycles. The van der Waals surface area contributed by atoms with Gasteiger partial charge in [0.25, 0.3) is 0 Å². The maximum absolute atomic E-state index is 3.92. The molecule has 1 aliphatic heterocycles. The van der Waals surface area contributed by atoms with Crippen molar-refractivity contribution in [2.24, 2.45) is 17.8 Å². The van der Waals surface area contributed by atoms with E-state index in [-0.39, 0.29) is 0 Å². The Balaban J connectivity index is 1.79. The van der Waals surface area contributed by atoms with Gasteiger partial charge in [0.15, 0.2) is 0 Å². The minimum atomic E-state index is 0.382. The van der Waals surface area contributed by atoms with Crippen LogP contribution in [0.5, 0.6) is 0 Å². The summed E-state index contributed by atoms with van der Waals surface area (Å²) in [5.41, 5.74) is 0.382. The zero-order chi connectivity index (χ0) is 14.3. The molecule has 3 aliphatic rings. The molecule has 3 rings (SSSR count). The molecule has 2 saturated carbocycles. The van der Waals surface area contributed by atoms with Crippen molar-refractivity contribution in [1.82, 2.24) is 10.2 Å². The number of nitrogens with one attached hydrogen (secondary N) is 1. The molecule has 1 heterocycles. The molecule has 4 unspecified atom stereocenters. The van der Waals surface area contributed by atoms with Crippen molar-refractivity contribution in [2.45, 2.75) is 83.8 Å². The van der Waals surface area contributed by atoms with E-state index in [9.17, 15) is 0 Å². The summed E-state index contributed by atoms with van der Waals surface area (Å²) in [6.07, 6.45) is 8.60. The molecule has 0 radical (unpaired) electrons. The molecule has 0 aromatic rings. The fraction of sp³-hybridized carbons (Fsp3) is 1.00. The van der Waals surface area contributed by atoms with E-state index in [0.717, 1.165) is 29.8 Å². The molecule has 2 nitrogen and oxygen atoms in total. The van der Waals surface area contributed by atoms with Crippen molar-refractivity contribution < 1.29 is 0 Å². The summed E-state index contributed by atoms with van der Waals surface area (Å²) in [4.78, 5) is 2.96. The predicted molar refractivity (Wildman–Crippen MR) is 85.9 cm³/mol. The Bertz CT molecular complexity index is 334. The van der Waals surface area contributed by atoms with Gasteiger partial charge in [0.2, 0.25) is 0 Å². The Kier molecular flexibility index (Phi) is 4.16. The van der Waals surface area contributed by atoms with E-state index < -0.39 is 0 Å². The Hall–Kier alpha value is -0.0800. The second-order valence-corrected chi connectivity index (χ2v) is 8.09. The molecule has 0 amide bonds. The molecule has 3 fully saturated rings. The first-order valence-electron chi connectivity index (χ1n) is 9.09. The fourth-order valence-electron chi connectivity index (χ4n) is 5.28. The summed E-state index contributed by atoms with van der Waals surface area (Å²) >= 11 is 0. The van der Waals surface area contributed by atoms with Crippen molar-refractivity contribution in [3.8, 4) is 0 Å². The van der Waals surface area contributed by atoms with Gasteiger partial charge in [-0.2, -0.15) is 0 Å². The first-order chi connectivity index (χ1) is 9.58. The van der Waals surface area contributed by atoms with Crippen molar-refractivity contribution in [1.29, 1.82) is 0 Å². The van der Waals surface area contributed by atoms with Crippen LogP contribution in [0.15, 0.2) is 0 Å². The number of nitrogens with zero attached hydrogens (tertiary/aromatic N) is 1. The van der Waals surface area contributed by atoms with Crippen LogP contribution in [-0.4, -0.2) is 35.6 Å². The molecule has 116 valence electrons. The van der Waals surface area contributed by atoms with E-state index in [1.165, 1.54) is 51.6 Å². The van der Waals surface area contributed by atoms with Crippen molar-refractivity contribution >= 4 is 0 Å². The first-order valence-corrected chi connectivity index (χ1v) is 9.09. The molecule has 0 spiro atoms. The lowest BCUT2D eigenvalue weighted by Gasteiger charge is -2.52. The smallest absolute Gasteiger partial charge is 0.0304 e. The quantitative estimate of drug-likeness (QED) is 0.844.